The molecule has 3 aliphatic carbocycles. The molecule has 0 unspecified atom stereocenters. The van der Waals surface area contributed by atoms with E-state index in [0.29, 0.717) is 0 Å². The van der Waals surface area contributed by atoms with Crippen molar-refractivity contribution < 1.29 is 0 Å². The molecule has 0 N–H and O–H groups in total. The van der Waals surface area contributed by atoms with Crippen LogP contribution in [0.25, 0.3) is 0 Å². The van der Waals surface area contributed by atoms with Gasteiger partial charge < -0.3 is 0 Å². The van der Waals surface area contributed by atoms with Crippen molar-refractivity contribution in [2.45, 2.75) is 97.8 Å². The molecule has 3 aromatic rings. The van der Waals surface area contributed by atoms with Crippen LogP contribution in [0.2, 0.25) is 0 Å². The number of nitrogens with zero attached hydrogens (tertiary/aromatic N) is 3. The SMILES string of the molecule is CCc1ccc2c(n1)CCC2.CCc1ccc2c(n1)CCCC2.Cc1nc2c(s1)CCC2. The van der Waals surface area contributed by atoms with Gasteiger partial charge in [0.1, 0.15) is 0 Å². The van der Waals surface area contributed by atoms with Gasteiger partial charge in [-0.1, -0.05) is 26.0 Å². The highest BCUT2D eigenvalue weighted by molar-refractivity contribution is 7.11. The standard InChI is InChI=1S/C11H15N.C10H13N.C7H9NS/c1-2-10-8-7-9-5-3-4-6-11(9)12-10;1-2-9-7-6-8-4-3-5-10(8)11-9;1-5-8-6-3-2-4-7(6)9-5/h7-8H,2-6H2,1H3;6-7H,2-5H2,1H3;2-4H2,1H3. The fourth-order valence-electron chi connectivity index (χ4n) is 4.81. The first-order valence-electron chi connectivity index (χ1n) is 12.6. The maximum absolute atomic E-state index is 4.63. The first kappa shape index (κ1) is 23.1. The summed E-state index contributed by atoms with van der Waals surface area (Å²) < 4.78 is 0. The van der Waals surface area contributed by atoms with Crippen LogP contribution in [0, 0.1) is 6.92 Å². The first-order valence-corrected chi connectivity index (χ1v) is 13.4. The summed E-state index contributed by atoms with van der Waals surface area (Å²) in [4.78, 5) is 15.1. The second-order valence-electron chi connectivity index (χ2n) is 9.04. The molecule has 32 heavy (non-hydrogen) atoms. The fraction of sp³-hybridized carbons (Fsp3) is 0.536. The Bertz CT molecular complexity index is 1020. The molecule has 0 aromatic carbocycles. The van der Waals surface area contributed by atoms with Crippen LogP contribution in [-0.4, -0.2) is 15.0 Å². The van der Waals surface area contributed by atoms with Crippen molar-refractivity contribution in [1.82, 2.24) is 15.0 Å². The van der Waals surface area contributed by atoms with E-state index in [0.717, 1.165) is 12.8 Å². The molecule has 3 heterocycles. The molecule has 0 spiro atoms. The van der Waals surface area contributed by atoms with Crippen LogP contribution in [0.3, 0.4) is 0 Å². The predicted octanol–water partition coefficient (Wildman–Crippen LogP) is 6.60. The van der Waals surface area contributed by atoms with Crippen molar-refractivity contribution in [3.8, 4) is 0 Å². The smallest absolute Gasteiger partial charge is 0.0900 e. The van der Waals surface area contributed by atoms with Gasteiger partial charge in [0.05, 0.1) is 10.7 Å². The second kappa shape index (κ2) is 11.2. The summed E-state index contributed by atoms with van der Waals surface area (Å²) >= 11 is 1.87. The topological polar surface area (TPSA) is 38.7 Å². The van der Waals surface area contributed by atoms with E-state index in [1.807, 2.05) is 11.3 Å². The third-order valence-electron chi connectivity index (χ3n) is 6.65. The quantitative estimate of drug-likeness (QED) is 0.444. The maximum Gasteiger partial charge on any atom is 0.0900 e. The predicted molar refractivity (Wildman–Crippen MR) is 135 cm³/mol. The molecule has 3 aliphatic rings. The van der Waals surface area contributed by atoms with E-state index in [4.69, 9.17) is 0 Å². The van der Waals surface area contributed by atoms with Crippen molar-refractivity contribution in [3.63, 3.8) is 0 Å². The first-order chi connectivity index (χ1) is 15.7. The number of pyridine rings is 2. The normalized spacial score (nSPS) is 15.6. The molecule has 0 radical (unpaired) electrons. The lowest BCUT2D eigenvalue weighted by Crippen LogP contribution is -2.06. The third-order valence-corrected chi connectivity index (χ3v) is 7.72. The molecule has 6 rings (SSSR count). The number of fused-ring (bicyclic) bond motifs is 3. The molecule has 0 amide bonds. The van der Waals surface area contributed by atoms with E-state index < -0.39 is 0 Å². The minimum absolute atomic E-state index is 1.06. The summed E-state index contributed by atoms with van der Waals surface area (Å²) in [7, 11) is 0. The molecule has 4 heteroatoms. The zero-order valence-electron chi connectivity index (χ0n) is 20.0. The Balaban J connectivity index is 0.000000116. The Hall–Kier alpha value is -2.07. The van der Waals surface area contributed by atoms with Gasteiger partial charge in [0, 0.05) is 27.7 Å². The molecule has 0 fully saturated rings. The Labute approximate surface area is 197 Å². The van der Waals surface area contributed by atoms with Crippen molar-refractivity contribution in [3.05, 3.63) is 73.7 Å². The van der Waals surface area contributed by atoms with Crippen LogP contribution in [0.4, 0.5) is 0 Å². The van der Waals surface area contributed by atoms with Crippen LogP contribution in [0.5, 0.6) is 0 Å². The summed E-state index contributed by atoms with van der Waals surface area (Å²) in [6.07, 6.45) is 14.8. The molecular weight excluding hydrogens is 410 g/mol. The zero-order chi connectivity index (χ0) is 22.3. The van der Waals surface area contributed by atoms with Crippen molar-refractivity contribution in [2.24, 2.45) is 0 Å². The van der Waals surface area contributed by atoms with Crippen LogP contribution < -0.4 is 0 Å². The lowest BCUT2D eigenvalue weighted by molar-refractivity contribution is 0.663. The highest BCUT2D eigenvalue weighted by atomic mass is 32.1. The Morgan fingerprint density at radius 3 is 1.78 bits per heavy atom. The lowest BCUT2D eigenvalue weighted by atomic mass is 9.96. The Kier molecular flexibility index (Phi) is 8.07. The molecule has 0 aliphatic heterocycles. The van der Waals surface area contributed by atoms with Crippen LogP contribution in [-0.2, 0) is 51.4 Å². The molecule has 170 valence electrons. The van der Waals surface area contributed by atoms with Crippen LogP contribution in [0.1, 0.15) is 89.0 Å². The largest absolute Gasteiger partial charge is 0.258 e. The molecule has 0 bridgehead atoms. The van der Waals surface area contributed by atoms with Gasteiger partial charge in [0.15, 0.2) is 0 Å². The minimum Gasteiger partial charge on any atom is -0.258 e. The van der Waals surface area contributed by atoms with Gasteiger partial charge in [-0.05, 0) is 107 Å². The van der Waals surface area contributed by atoms with Gasteiger partial charge in [0.2, 0.25) is 0 Å². The van der Waals surface area contributed by atoms with Crippen LogP contribution >= 0.6 is 11.3 Å². The monoisotopic (exact) mass is 447 g/mol. The molecule has 0 saturated carbocycles. The third kappa shape index (κ3) is 5.83. The molecule has 0 saturated heterocycles. The van der Waals surface area contributed by atoms with Gasteiger partial charge in [-0.25, -0.2) is 4.98 Å². The lowest BCUT2D eigenvalue weighted by Gasteiger charge is -2.14. The molecule has 3 aromatic heterocycles. The maximum atomic E-state index is 4.63. The van der Waals surface area contributed by atoms with E-state index >= 15 is 0 Å². The fourth-order valence-corrected chi connectivity index (χ4v) is 5.83. The van der Waals surface area contributed by atoms with Crippen molar-refractivity contribution in [2.75, 3.05) is 0 Å². The summed E-state index contributed by atoms with van der Waals surface area (Å²) in [5.74, 6) is 0. The number of aryl methyl sites for hydroxylation is 9. The summed E-state index contributed by atoms with van der Waals surface area (Å²) in [5.41, 5.74) is 9.53. The molecular formula is C28H37N3S. The van der Waals surface area contributed by atoms with E-state index in [1.165, 1.54) is 114 Å². The summed E-state index contributed by atoms with van der Waals surface area (Å²) in [6.45, 7) is 6.41. The number of hydrogen-bond donors (Lipinski definition) is 0. The van der Waals surface area contributed by atoms with Gasteiger partial charge in [-0.2, -0.15) is 0 Å². The second-order valence-corrected chi connectivity index (χ2v) is 10.3. The number of thiazole rings is 1. The van der Waals surface area contributed by atoms with Gasteiger partial charge in [-0.3, -0.25) is 9.97 Å². The van der Waals surface area contributed by atoms with E-state index in [-0.39, 0.29) is 0 Å². The number of hydrogen-bond acceptors (Lipinski definition) is 4. The van der Waals surface area contributed by atoms with E-state index in [2.05, 4.69) is 60.0 Å². The highest BCUT2D eigenvalue weighted by Gasteiger charge is 2.14. The van der Waals surface area contributed by atoms with Crippen molar-refractivity contribution >= 4 is 11.3 Å². The molecule has 3 nitrogen and oxygen atoms in total. The minimum atomic E-state index is 1.06. The highest BCUT2D eigenvalue weighted by Crippen LogP contribution is 2.26. The zero-order valence-corrected chi connectivity index (χ0v) is 20.9. The van der Waals surface area contributed by atoms with Gasteiger partial charge in [-0.15, -0.1) is 11.3 Å². The molecule has 0 atom stereocenters. The summed E-state index contributed by atoms with van der Waals surface area (Å²) in [5, 5.41) is 1.24. The average molecular weight is 448 g/mol. The Morgan fingerprint density at radius 1 is 0.625 bits per heavy atom. The van der Waals surface area contributed by atoms with Crippen molar-refractivity contribution in [1.29, 1.82) is 0 Å². The van der Waals surface area contributed by atoms with E-state index in [9.17, 15) is 0 Å². The summed E-state index contributed by atoms with van der Waals surface area (Å²) in [6, 6.07) is 8.84. The van der Waals surface area contributed by atoms with Crippen LogP contribution in [0.15, 0.2) is 24.3 Å². The van der Waals surface area contributed by atoms with Gasteiger partial charge in [0.25, 0.3) is 0 Å². The average Bonchev–Trinajstić information content (AvgIpc) is 3.55. The number of aromatic nitrogens is 3. The number of rotatable bonds is 2. The van der Waals surface area contributed by atoms with Gasteiger partial charge >= 0.3 is 0 Å². The van der Waals surface area contributed by atoms with E-state index in [1.54, 1.807) is 0 Å². The Morgan fingerprint density at radius 2 is 1.16 bits per heavy atom.